The lowest BCUT2D eigenvalue weighted by Gasteiger charge is -2.32. The molecule has 2 atom stereocenters. The summed E-state index contributed by atoms with van der Waals surface area (Å²) in [6, 6.07) is 6.98. The molecule has 2 unspecified atom stereocenters. The number of carbonyl (C=O) groups is 4. The first kappa shape index (κ1) is 32.0. The van der Waals surface area contributed by atoms with Crippen LogP contribution in [0.1, 0.15) is 86.1 Å². The van der Waals surface area contributed by atoms with E-state index in [0.717, 1.165) is 12.0 Å². The summed E-state index contributed by atoms with van der Waals surface area (Å²) in [5.74, 6) is 5.41. The number of carbonyl (C=O) groups excluding carboxylic acids is 4. The Kier molecular flexibility index (Phi) is 11.7. The Balaban J connectivity index is 1.80. The van der Waals surface area contributed by atoms with Gasteiger partial charge in [0, 0.05) is 36.8 Å². The van der Waals surface area contributed by atoms with Crippen molar-refractivity contribution in [2.45, 2.75) is 98.1 Å². The van der Waals surface area contributed by atoms with Crippen molar-refractivity contribution in [2.24, 2.45) is 11.8 Å². The summed E-state index contributed by atoms with van der Waals surface area (Å²) in [5, 5.41) is 5.96. The molecule has 0 radical (unpaired) electrons. The SMILES string of the molecule is CCC(C)(CCOC(C)(C)CCC(=O)NCC#CC(C)C)NC(=O)Cc1ccc(N2C(=O)CC(C)C2=O)cc1. The molecule has 0 aliphatic carbocycles. The molecule has 214 valence electrons. The molecule has 1 aromatic carbocycles. The lowest BCUT2D eigenvalue weighted by molar-refractivity contribution is -0.124. The number of benzene rings is 1. The number of hydrogen-bond acceptors (Lipinski definition) is 5. The van der Waals surface area contributed by atoms with Gasteiger partial charge < -0.3 is 15.4 Å². The van der Waals surface area contributed by atoms with E-state index in [2.05, 4.69) is 22.5 Å². The fraction of sp³-hybridized carbons (Fsp3) is 0.613. The molecular formula is C31H45N3O5. The molecule has 0 bridgehead atoms. The van der Waals surface area contributed by atoms with Crippen molar-refractivity contribution in [3.05, 3.63) is 29.8 Å². The van der Waals surface area contributed by atoms with E-state index < -0.39 is 11.1 Å². The summed E-state index contributed by atoms with van der Waals surface area (Å²) in [7, 11) is 0. The maximum atomic E-state index is 12.8. The molecule has 0 spiro atoms. The van der Waals surface area contributed by atoms with Crippen LogP contribution in [-0.2, 0) is 30.3 Å². The Morgan fingerprint density at radius 3 is 2.33 bits per heavy atom. The summed E-state index contributed by atoms with van der Waals surface area (Å²) in [5.41, 5.74) is 0.420. The van der Waals surface area contributed by atoms with Crippen LogP contribution >= 0.6 is 0 Å². The minimum Gasteiger partial charge on any atom is -0.375 e. The van der Waals surface area contributed by atoms with Gasteiger partial charge in [-0.2, -0.15) is 0 Å². The van der Waals surface area contributed by atoms with Crippen LogP contribution in [0.2, 0.25) is 0 Å². The van der Waals surface area contributed by atoms with E-state index in [4.69, 9.17) is 4.74 Å². The second kappa shape index (κ2) is 14.3. The highest BCUT2D eigenvalue weighted by Crippen LogP contribution is 2.26. The molecule has 1 saturated heterocycles. The predicted molar refractivity (Wildman–Crippen MR) is 153 cm³/mol. The molecule has 39 heavy (non-hydrogen) atoms. The summed E-state index contributed by atoms with van der Waals surface area (Å²) in [6.07, 6.45) is 2.72. The number of amides is 4. The zero-order valence-corrected chi connectivity index (χ0v) is 24.6. The lowest BCUT2D eigenvalue weighted by atomic mass is 9.94. The minimum absolute atomic E-state index is 0.0448. The van der Waals surface area contributed by atoms with Crippen LogP contribution in [0.15, 0.2) is 24.3 Å². The number of rotatable bonds is 13. The van der Waals surface area contributed by atoms with Crippen molar-refractivity contribution in [2.75, 3.05) is 18.1 Å². The third-order valence-electron chi connectivity index (χ3n) is 7.02. The summed E-state index contributed by atoms with van der Waals surface area (Å²) in [6.45, 7) is 14.5. The van der Waals surface area contributed by atoms with Gasteiger partial charge in [0.05, 0.1) is 24.3 Å². The molecule has 0 aromatic heterocycles. The van der Waals surface area contributed by atoms with Crippen LogP contribution in [0.25, 0.3) is 0 Å². The average molecular weight is 540 g/mol. The maximum Gasteiger partial charge on any atom is 0.237 e. The van der Waals surface area contributed by atoms with E-state index in [-0.39, 0.29) is 48.3 Å². The molecular weight excluding hydrogens is 494 g/mol. The molecule has 2 rings (SSSR count). The molecule has 1 aromatic rings. The summed E-state index contributed by atoms with van der Waals surface area (Å²) in [4.78, 5) is 50.6. The summed E-state index contributed by atoms with van der Waals surface area (Å²) >= 11 is 0. The van der Waals surface area contributed by atoms with Crippen molar-refractivity contribution in [3.63, 3.8) is 0 Å². The van der Waals surface area contributed by atoms with E-state index in [1.54, 1.807) is 31.2 Å². The van der Waals surface area contributed by atoms with Crippen molar-refractivity contribution in [1.29, 1.82) is 0 Å². The molecule has 0 saturated carbocycles. The van der Waals surface area contributed by atoms with Crippen molar-refractivity contribution in [1.82, 2.24) is 10.6 Å². The van der Waals surface area contributed by atoms with E-state index in [0.29, 0.717) is 38.1 Å². The zero-order valence-electron chi connectivity index (χ0n) is 24.6. The third kappa shape index (κ3) is 10.5. The van der Waals surface area contributed by atoms with Crippen molar-refractivity contribution < 1.29 is 23.9 Å². The minimum atomic E-state index is -0.475. The number of hydrogen-bond donors (Lipinski definition) is 2. The van der Waals surface area contributed by atoms with Crippen LogP contribution in [-0.4, -0.2) is 47.9 Å². The number of ether oxygens (including phenoxy) is 1. The van der Waals surface area contributed by atoms with Gasteiger partial charge in [-0.05, 0) is 57.7 Å². The van der Waals surface area contributed by atoms with E-state index in [1.165, 1.54) is 4.90 Å². The van der Waals surface area contributed by atoms with E-state index in [1.807, 2.05) is 41.5 Å². The lowest BCUT2D eigenvalue weighted by Crippen LogP contribution is -2.47. The Morgan fingerprint density at radius 1 is 1.10 bits per heavy atom. The smallest absolute Gasteiger partial charge is 0.237 e. The Morgan fingerprint density at radius 2 is 1.77 bits per heavy atom. The molecule has 1 aliphatic heterocycles. The van der Waals surface area contributed by atoms with Gasteiger partial charge in [-0.1, -0.05) is 51.7 Å². The highest BCUT2D eigenvalue weighted by atomic mass is 16.5. The molecule has 4 amide bonds. The van der Waals surface area contributed by atoms with Gasteiger partial charge in [-0.15, -0.1) is 0 Å². The fourth-order valence-corrected chi connectivity index (χ4v) is 4.24. The highest BCUT2D eigenvalue weighted by Gasteiger charge is 2.36. The monoisotopic (exact) mass is 539 g/mol. The maximum absolute atomic E-state index is 12.8. The zero-order chi connectivity index (χ0) is 29.2. The van der Waals surface area contributed by atoms with Gasteiger partial charge in [0.25, 0.3) is 0 Å². The standard InChI is InChI=1S/C31H45N3O5/c1-8-31(7,17-19-39-30(5,6)16-15-26(35)32-18-9-10-22(2)3)33-27(36)21-24-11-13-25(14-12-24)34-28(37)20-23(4)29(34)38/h11-14,22-23H,8,15-21H2,1-7H3,(H,32,35)(H,33,36). The normalized spacial score (nSPS) is 17.0. The van der Waals surface area contributed by atoms with Crippen LogP contribution in [0, 0.1) is 23.7 Å². The van der Waals surface area contributed by atoms with Gasteiger partial charge in [-0.3, -0.25) is 24.1 Å². The van der Waals surface area contributed by atoms with Crippen LogP contribution in [0.5, 0.6) is 0 Å². The Hall–Kier alpha value is -3.18. The molecule has 8 nitrogen and oxygen atoms in total. The number of nitrogens with zero attached hydrogens (tertiary/aromatic N) is 1. The summed E-state index contributed by atoms with van der Waals surface area (Å²) < 4.78 is 6.10. The first-order valence-electron chi connectivity index (χ1n) is 13.9. The van der Waals surface area contributed by atoms with Gasteiger partial charge in [0.15, 0.2) is 0 Å². The molecule has 1 heterocycles. The molecule has 8 heteroatoms. The number of nitrogens with one attached hydrogen (secondary N) is 2. The van der Waals surface area contributed by atoms with Crippen molar-refractivity contribution >= 4 is 29.3 Å². The van der Waals surface area contributed by atoms with E-state index >= 15 is 0 Å². The largest absolute Gasteiger partial charge is 0.375 e. The van der Waals surface area contributed by atoms with Crippen molar-refractivity contribution in [3.8, 4) is 11.8 Å². The Bertz CT molecular complexity index is 1080. The fourth-order valence-electron chi connectivity index (χ4n) is 4.24. The van der Waals surface area contributed by atoms with Crippen LogP contribution < -0.4 is 15.5 Å². The molecule has 2 N–H and O–H groups in total. The average Bonchev–Trinajstić information content (AvgIpc) is 3.11. The third-order valence-corrected chi connectivity index (χ3v) is 7.02. The molecule has 1 aliphatic rings. The molecule has 1 fully saturated rings. The van der Waals surface area contributed by atoms with Gasteiger partial charge in [0.2, 0.25) is 23.6 Å². The highest BCUT2D eigenvalue weighted by molar-refractivity contribution is 6.20. The Labute approximate surface area is 233 Å². The second-order valence-corrected chi connectivity index (χ2v) is 11.6. The second-order valence-electron chi connectivity index (χ2n) is 11.6. The topological polar surface area (TPSA) is 105 Å². The van der Waals surface area contributed by atoms with E-state index in [9.17, 15) is 19.2 Å². The van der Waals surface area contributed by atoms with Crippen LogP contribution in [0.3, 0.4) is 0 Å². The van der Waals surface area contributed by atoms with Gasteiger partial charge in [-0.25, -0.2) is 0 Å². The predicted octanol–water partition coefficient (Wildman–Crippen LogP) is 4.15. The quantitative estimate of drug-likeness (QED) is 0.289. The number of anilines is 1. The first-order chi connectivity index (χ1) is 18.2. The van der Waals surface area contributed by atoms with Gasteiger partial charge in [0.1, 0.15) is 0 Å². The first-order valence-corrected chi connectivity index (χ1v) is 13.9. The van der Waals surface area contributed by atoms with Crippen LogP contribution in [0.4, 0.5) is 5.69 Å². The number of imide groups is 1. The van der Waals surface area contributed by atoms with Gasteiger partial charge >= 0.3 is 0 Å².